The molecule has 1 heteroatoms. The Balaban J connectivity index is 3.28. The average molecular weight is 149 g/mol. The third-order valence-electron chi connectivity index (χ3n) is 1.29. The Morgan fingerprint density at radius 1 is 1.33 bits per heavy atom. The molecule has 9 heavy (non-hydrogen) atoms. The normalized spacial score (nSPS) is 15.7. The third-order valence-corrected chi connectivity index (χ3v) is 1.51. The summed E-state index contributed by atoms with van der Waals surface area (Å²) in [7, 11) is 0. The van der Waals surface area contributed by atoms with E-state index in [-0.39, 0.29) is 0 Å². The van der Waals surface area contributed by atoms with Gasteiger partial charge in [0, 0.05) is 5.38 Å². The number of rotatable bonds is 2. The monoisotopic (exact) mass is 148 g/mol. The predicted molar refractivity (Wildman–Crippen MR) is 44.0 cm³/mol. The highest BCUT2D eigenvalue weighted by Gasteiger charge is 2.10. The summed E-state index contributed by atoms with van der Waals surface area (Å²) in [6.07, 6.45) is 2.35. The molecule has 0 saturated carbocycles. The van der Waals surface area contributed by atoms with E-state index in [1.807, 2.05) is 6.92 Å². The summed E-state index contributed by atoms with van der Waals surface area (Å²) in [4.78, 5) is 0. The Morgan fingerprint density at radius 3 is 1.89 bits per heavy atom. The summed E-state index contributed by atoms with van der Waals surface area (Å²) < 4.78 is 0. The van der Waals surface area contributed by atoms with Crippen LogP contribution in [-0.4, -0.2) is 5.38 Å². The maximum atomic E-state index is 5.78. The van der Waals surface area contributed by atoms with Crippen LogP contribution in [0.15, 0.2) is 0 Å². The molecule has 0 bridgehead atoms. The molecule has 1 atom stereocenters. The summed E-state index contributed by atoms with van der Waals surface area (Å²) in [5.41, 5.74) is 0.448. The Labute approximate surface area is 63.6 Å². The first-order valence-electron chi connectivity index (χ1n) is 3.56. The summed E-state index contributed by atoms with van der Waals surface area (Å²) in [6, 6.07) is 0. The zero-order chi connectivity index (χ0) is 7.49. The van der Waals surface area contributed by atoms with Crippen LogP contribution in [0.4, 0.5) is 0 Å². The summed E-state index contributed by atoms with van der Waals surface area (Å²) >= 11 is 5.78. The van der Waals surface area contributed by atoms with Crippen molar-refractivity contribution in [2.24, 2.45) is 5.41 Å². The summed E-state index contributed by atoms with van der Waals surface area (Å²) in [5, 5.41) is 0.337. The van der Waals surface area contributed by atoms with Gasteiger partial charge >= 0.3 is 0 Å². The highest BCUT2D eigenvalue weighted by molar-refractivity contribution is 6.20. The molecule has 0 aromatic rings. The summed E-state index contributed by atoms with van der Waals surface area (Å²) in [6.45, 7) is 8.78. The van der Waals surface area contributed by atoms with Gasteiger partial charge in [0.1, 0.15) is 0 Å². The lowest BCUT2D eigenvalue weighted by molar-refractivity contribution is 0.365. The highest BCUT2D eigenvalue weighted by Crippen LogP contribution is 2.22. The Kier molecular flexibility index (Phi) is 3.57. The molecule has 0 aliphatic carbocycles. The van der Waals surface area contributed by atoms with Gasteiger partial charge in [-0.1, -0.05) is 20.8 Å². The minimum absolute atomic E-state index is 0.337. The van der Waals surface area contributed by atoms with Crippen molar-refractivity contribution in [1.29, 1.82) is 0 Å². The van der Waals surface area contributed by atoms with Gasteiger partial charge < -0.3 is 0 Å². The van der Waals surface area contributed by atoms with Crippen LogP contribution in [0.1, 0.15) is 40.5 Å². The lowest BCUT2D eigenvalue weighted by Gasteiger charge is -2.18. The van der Waals surface area contributed by atoms with E-state index in [1.165, 1.54) is 6.42 Å². The smallest absolute Gasteiger partial charge is 0.0308 e. The minimum atomic E-state index is 0.337. The molecule has 0 fully saturated rings. The first kappa shape index (κ1) is 9.29. The van der Waals surface area contributed by atoms with E-state index in [0.717, 1.165) is 6.42 Å². The molecule has 0 spiro atoms. The van der Waals surface area contributed by atoms with E-state index < -0.39 is 0 Å². The molecule has 0 aromatic carbocycles. The lowest BCUT2D eigenvalue weighted by Crippen LogP contribution is -2.06. The Hall–Kier alpha value is 0.290. The van der Waals surface area contributed by atoms with E-state index in [1.54, 1.807) is 0 Å². The van der Waals surface area contributed by atoms with Gasteiger partial charge in [-0.15, -0.1) is 11.6 Å². The van der Waals surface area contributed by atoms with Crippen molar-refractivity contribution in [3.05, 3.63) is 0 Å². The first-order valence-corrected chi connectivity index (χ1v) is 3.99. The SMILES string of the molecule is CC(Cl)CCC(C)(C)C. The second-order valence-electron chi connectivity index (χ2n) is 3.88. The van der Waals surface area contributed by atoms with Gasteiger partial charge in [0.2, 0.25) is 0 Å². The van der Waals surface area contributed by atoms with Gasteiger partial charge in [-0.2, -0.15) is 0 Å². The van der Waals surface area contributed by atoms with E-state index in [9.17, 15) is 0 Å². The molecule has 0 nitrogen and oxygen atoms in total. The van der Waals surface area contributed by atoms with E-state index >= 15 is 0 Å². The number of hydrogen-bond acceptors (Lipinski definition) is 0. The molecule has 56 valence electrons. The fraction of sp³-hybridized carbons (Fsp3) is 1.00. The largest absolute Gasteiger partial charge is 0.123 e. The van der Waals surface area contributed by atoms with Crippen molar-refractivity contribution in [2.45, 2.75) is 45.9 Å². The second kappa shape index (κ2) is 3.46. The van der Waals surface area contributed by atoms with Crippen molar-refractivity contribution in [3.63, 3.8) is 0 Å². The lowest BCUT2D eigenvalue weighted by atomic mass is 9.90. The summed E-state index contributed by atoms with van der Waals surface area (Å²) in [5.74, 6) is 0. The molecule has 0 rings (SSSR count). The maximum absolute atomic E-state index is 5.78. The minimum Gasteiger partial charge on any atom is -0.123 e. The van der Waals surface area contributed by atoms with Gasteiger partial charge in [0.25, 0.3) is 0 Å². The standard InChI is InChI=1S/C8H17Cl/c1-7(9)5-6-8(2,3)4/h7H,5-6H2,1-4H3. The van der Waals surface area contributed by atoms with Gasteiger partial charge in [0.05, 0.1) is 0 Å². The fourth-order valence-electron chi connectivity index (χ4n) is 0.632. The molecule has 0 aliphatic heterocycles. The van der Waals surface area contributed by atoms with Crippen LogP contribution < -0.4 is 0 Å². The Bertz CT molecular complexity index is 69.1. The molecule has 0 saturated heterocycles. The molecule has 0 aliphatic rings. The van der Waals surface area contributed by atoms with Crippen molar-refractivity contribution in [3.8, 4) is 0 Å². The number of alkyl halides is 1. The van der Waals surface area contributed by atoms with E-state index in [2.05, 4.69) is 20.8 Å². The average Bonchev–Trinajstić information content (AvgIpc) is 1.59. The number of halogens is 1. The molecule has 1 unspecified atom stereocenters. The zero-order valence-electron chi connectivity index (χ0n) is 6.87. The molecule has 0 heterocycles. The van der Waals surface area contributed by atoms with Crippen LogP contribution in [0.3, 0.4) is 0 Å². The van der Waals surface area contributed by atoms with Gasteiger partial charge in [0.15, 0.2) is 0 Å². The van der Waals surface area contributed by atoms with Gasteiger partial charge in [-0.3, -0.25) is 0 Å². The Morgan fingerprint density at radius 2 is 1.78 bits per heavy atom. The van der Waals surface area contributed by atoms with Crippen LogP contribution in [0.5, 0.6) is 0 Å². The van der Waals surface area contributed by atoms with Crippen LogP contribution in [-0.2, 0) is 0 Å². The maximum Gasteiger partial charge on any atom is 0.0308 e. The molecular formula is C8H17Cl. The number of hydrogen-bond donors (Lipinski definition) is 0. The van der Waals surface area contributed by atoms with Gasteiger partial charge in [-0.25, -0.2) is 0 Å². The predicted octanol–water partition coefficient (Wildman–Crippen LogP) is 3.44. The molecular weight excluding hydrogens is 132 g/mol. The zero-order valence-corrected chi connectivity index (χ0v) is 7.63. The fourth-order valence-corrected chi connectivity index (χ4v) is 0.741. The quantitative estimate of drug-likeness (QED) is 0.527. The molecule has 0 aromatic heterocycles. The molecule has 0 amide bonds. The van der Waals surface area contributed by atoms with Crippen LogP contribution in [0, 0.1) is 5.41 Å². The van der Waals surface area contributed by atoms with Crippen LogP contribution in [0.25, 0.3) is 0 Å². The topological polar surface area (TPSA) is 0 Å². The van der Waals surface area contributed by atoms with Gasteiger partial charge in [-0.05, 0) is 25.2 Å². The van der Waals surface area contributed by atoms with Crippen LogP contribution in [0.2, 0.25) is 0 Å². The molecule has 0 radical (unpaired) electrons. The second-order valence-corrected chi connectivity index (χ2v) is 4.63. The van der Waals surface area contributed by atoms with Crippen LogP contribution >= 0.6 is 11.6 Å². The van der Waals surface area contributed by atoms with Crippen molar-refractivity contribution in [1.82, 2.24) is 0 Å². The van der Waals surface area contributed by atoms with Crippen molar-refractivity contribution >= 4 is 11.6 Å². The van der Waals surface area contributed by atoms with E-state index in [0.29, 0.717) is 10.8 Å². The molecule has 0 N–H and O–H groups in total. The third kappa shape index (κ3) is 8.29. The van der Waals surface area contributed by atoms with Crippen molar-refractivity contribution < 1.29 is 0 Å². The first-order chi connectivity index (χ1) is 3.92. The van der Waals surface area contributed by atoms with Crippen molar-refractivity contribution in [2.75, 3.05) is 0 Å². The highest BCUT2D eigenvalue weighted by atomic mass is 35.5. The van der Waals surface area contributed by atoms with E-state index in [4.69, 9.17) is 11.6 Å².